The van der Waals surface area contributed by atoms with Crippen molar-refractivity contribution in [1.82, 2.24) is 0 Å². The van der Waals surface area contributed by atoms with Crippen LogP contribution in [0.2, 0.25) is 0 Å². The second kappa shape index (κ2) is 5.70. The Labute approximate surface area is 133 Å². The van der Waals surface area contributed by atoms with Crippen LogP contribution in [0.3, 0.4) is 0 Å². The van der Waals surface area contributed by atoms with Gasteiger partial charge in [0, 0.05) is 6.42 Å². The lowest BCUT2D eigenvalue weighted by atomic mass is 9.90. The Balaban J connectivity index is 3.42. The maximum absolute atomic E-state index is 13.2. The van der Waals surface area contributed by atoms with Crippen molar-refractivity contribution in [2.45, 2.75) is 54.2 Å². The summed E-state index contributed by atoms with van der Waals surface area (Å²) in [5.74, 6) is -46.0. The number of hydrogen-bond donors (Lipinski definition) is 0. The Morgan fingerprint density at radius 1 is 0.538 bits per heavy atom. The Bertz CT molecular complexity index is 529. The van der Waals surface area contributed by atoms with Gasteiger partial charge in [0.1, 0.15) is 0 Å². The van der Waals surface area contributed by atoms with Crippen LogP contribution in [-0.4, -0.2) is 54.4 Å². The van der Waals surface area contributed by atoms with Gasteiger partial charge in [0.15, 0.2) is 0 Å². The molecule has 0 aromatic carbocycles. The first-order chi connectivity index (χ1) is 11.1. The van der Waals surface area contributed by atoms with Crippen LogP contribution in [0.15, 0.2) is 0 Å². The number of halogens is 15. The normalized spacial score (nSPS) is 21.1. The molecule has 1 aliphatic heterocycles. The molecular weight excluding hydrogens is 421 g/mol. The molecule has 0 aromatic heterocycles. The molecule has 16 heteroatoms. The van der Waals surface area contributed by atoms with Gasteiger partial charge < -0.3 is 4.74 Å². The number of rotatable bonds is 7. The van der Waals surface area contributed by atoms with E-state index in [4.69, 9.17) is 0 Å². The largest absolute Gasteiger partial charge is 0.460 e. The van der Waals surface area contributed by atoms with E-state index in [2.05, 4.69) is 4.74 Å². The van der Waals surface area contributed by atoms with Crippen LogP contribution in [0.1, 0.15) is 6.42 Å². The van der Waals surface area contributed by atoms with Crippen LogP contribution in [0.25, 0.3) is 0 Å². The van der Waals surface area contributed by atoms with Crippen molar-refractivity contribution in [1.29, 1.82) is 0 Å². The van der Waals surface area contributed by atoms with E-state index in [9.17, 15) is 65.9 Å². The van der Waals surface area contributed by atoms with Crippen molar-refractivity contribution in [3.63, 3.8) is 0 Å². The zero-order valence-corrected chi connectivity index (χ0v) is 11.6. The fraction of sp³-hybridized carbons (Fsp3) is 1.00. The molecule has 1 fully saturated rings. The lowest BCUT2D eigenvalue weighted by molar-refractivity contribution is -0.452. The summed E-state index contributed by atoms with van der Waals surface area (Å²) in [5, 5.41) is 0. The monoisotopic (exact) mass is 426 g/mol. The number of ether oxygens (including phenoxy) is 1. The molecular formula is C10H5F15O. The molecule has 1 saturated heterocycles. The van der Waals surface area contributed by atoms with E-state index in [1.54, 1.807) is 0 Å². The van der Waals surface area contributed by atoms with E-state index in [0.717, 1.165) is 0 Å². The summed E-state index contributed by atoms with van der Waals surface area (Å²) in [4.78, 5) is 0. The Kier molecular flexibility index (Phi) is 5.03. The highest BCUT2D eigenvalue weighted by molar-refractivity contribution is 5.13. The first kappa shape index (κ1) is 23.0. The molecule has 0 spiro atoms. The predicted octanol–water partition coefficient (Wildman–Crippen LogP) is 5.15. The molecule has 1 unspecified atom stereocenters. The fourth-order valence-corrected chi connectivity index (χ4v) is 1.60. The van der Waals surface area contributed by atoms with Crippen molar-refractivity contribution in [2.75, 3.05) is 6.61 Å². The summed E-state index contributed by atoms with van der Waals surface area (Å²) >= 11 is 0. The van der Waals surface area contributed by atoms with Gasteiger partial charge in [-0.1, -0.05) is 0 Å². The molecule has 26 heavy (non-hydrogen) atoms. The van der Waals surface area contributed by atoms with Crippen LogP contribution in [0, 0.1) is 0 Å². The number of alkyl halides is 15. The van der Waals surface area contributed by atoms with E-state index in [-0.39, 0.29) is 0 Å². The Morgan fingerprint density at radius 2 is 0.846 bits per heavy atom. The first-order valence-electron chi connectivity index (χ1n) is 6.03. The Hall–Kier alpha value is -1.09. The van der Waals surface area contributed by atoms with Crippen molar-refractivity contribution in [2.24, 2.45) is 0 Å². The lowest BCUT2D eigenvalue weighted by Crippen LogP contribution is -2.72. The van der Waals surface area contributed by atoms with Crippen LogP contribution in [0.5, 0.6) is 0 Å². The molecule has 0 saturated carbocycles. The molecule has 0 amide bonds. The summed E-state index contributed by atoms with van der Waals surface area (Å²) in [6.45, 7) is -0.712. The molecule has 1 aliphatic rings. The van der Waals surface area contributed by atoms with Gasteiger partial charge in [-0.25, -0.2) is 0 Å². The van der Waals surface area contributed by atoms with Gasteiger partial charge in [-0.3, -0.25) is 0 Å². The molecule has 0 aliphatic carbocycles. The van der Waals surface area contributed by atoms with Crippen LogP contribution < -0.4 is 0 Å². The molecule has 1 atom stereocenters. The summed E-state index contributed by atoms with van der Waals surface area (Å²) in [6.07, 6.45) is -11.8. The van der Waals surface area contributed by atoms with Gasteiger partial charge in [0.25, 0.3) is 0 Å². The van der Waals surface area contributed by atoms with Gasteiger partial charge in [-0.05, 0) is 0 Å². The average molecular weight is 426 g/mol. The van der Waals surface area contributed by atoms with E-state index in [1.165, 1.54) is 0 Å². The maximum Gasteiger partial charge on any atom is 0.460 e. The van der Waals surface area contributed by atoms with Crippen molar-refractivity contribution in [3.8, 4) is 0 Å². The van der Waals surface area contributed by atoms with Gasteiger partial charge in [-0.15, -0.1) is 0 Å². The second-order valence-corrected chi connectivity index (χ2v) is 5.23. The Morgan fingerprint density at radius 3 is 1.15 bits per heavy atom. The highest BCUT2D eigenvalue weighted by Gasteiger charge is 2.93. The minimum absolute atomic E-state index is 0.712. The third-order valence-electron chi connectivity index (χ3n) is 3.28. The third-order valence-corrected chi connectivity index (χ3v) is 3.28. The maximum atomic E-state index is 13.2. The molecule has 1 rings (SSSR count). The van der Waals surface area contributed by atoms with Crippen LogP contribution >= 0.6 is 0 Å². The van der Waals surface area contributed by atoms with Gasteiger partial charge in [0.05, 0.1) is 12.7 Å². The van der Waals surface area contributed by atoms with Crippen molar-refractivity contribution >= 4 is 0 Å². The smallest absolute Gasteiger partial charge is 0.373 e. The topological polar surface area (TPSA) is 12.5 Å². The zero-order valence-electron chi connectivity index (χ0n) is 11.6. The standard InChI is InChI=1S/C10H5F15O/c11-4(12,1-3-2-26-3)5(13,14)6(15,16)7(17,18)8(19,20)9(21,22)10(23,24)25/h3H,1-2H2. The lowest BCUT2D eigenvalue weighted by Gasteiger charge is -2.41. The van der Waals surface area contributed by atoms with Crippen LogP contribution in [0.4, 0.5) is 65.9 Å². The first-order valence-corrected chi connectivity index (χ1v) is 6.03. The van der Waals surface area contributed by atoms with Gasteiger partial charge >= 0.3 is 41.7 Å². The molecule has 0 N–H and O–H groups in total. The van der Waals surface area contributed by atoms with E-state index in [1.807, 2.05) is 0 Å². The quantitative estimate of drug-likeness (QED) is 0.406. The predicted molar refractivity (Wildman–Crippen MR) is 50.1 cm³/mol. The molecule has 156 valence electrons. The third kappa shape index (κ3) is 2.96. The van der Waals surface area contributed by atoms with E-state index < -0.39 is 60.8 Å². The summed E-state index contributed by atoms with van der Waals surface area (Å²) in [7, 11) is 0. The van der Waals surface area contributed by atoms with Crippen molar-refractivity contribution < 1.29 is 70.6 Å². The highest BCUT2D eigenvalue weighted by atomic mass is 19.4. The molecule has 0 bridgehead atoms. The average Bonchev–Trinajstić information content (AvgIpc) is 3.19. The van der Waals surface area contributed by atoms with Crippen LogP contribution in [-0.2, 0) is 4.74 Å². The number of epoxide rings is 1. The molecule has 0 aromatic rings. The van der Waals surface area contributed by atoms with E-state index >= 15 is 0 Å². The minimum atomic E-state index is -8.23. The molecule has 0 radical (unpaired) electrons. The minimum Gasteiger partial charge on any atom is -0.373 e. The highest BCUT2D eigenvalue weighted by Crippen LogP contribution is 2.62. The zero-order chi connectivity index (χ0) is 21.2. The SMILES string of the molecule is FC(F)(F)C(F)(F)C(F)(F)C(F)(F)C(F)(F)C(F)(F)C(F)(F)CC1CO1. The summed E-state index contributed by atoms with van der Waals surface area (Å²) in [6, 6.07) is 0. The molecule has 1 heterocycles. The second-order valence-electron chi connectivity index (χ2n) is 5.23. The van der Waals surface area contributed by atoms with Crippen molar-refractivity contribution in [3.05, 3.63) is 0 Å². The summed E-state index contributed by atoms with van der Waals surface area (Å²) in [5.41, 5.74) is 0. The number of hydrogen-bond acceptors (Lipinski definition) is 1. The summed E-state index contributed by atoms with van der Waals surface area (Å²) < 4.78 is 195. The van der Waals surface area contributed by atoms with E-state index in [0.29, 0.717) is 0 Å². The van der Waals surface area contributed by atoms with Gasteiger partial charge in [0.2, 0.25) is 0 Å². The molecule has 1 nitrogen and oxygen atoms in total. The van der Waals surface area contributed by atoms with Gasteiger partial charge in [-0.2, -0.15) is 65.9 Å². The fourth-order valence-electron chi connectivity index (χ4n) is 1.60.